The summed E-state index contributed by atoms with van der Waals surface area (Å²) in [6.07, 6.45) is 3.67. The fraction of sp³-hybridized carbons (Fsp3) is 0.483. The monoisotopic (exact) mass is 507 g/mol. The summed E-state index contributed by atoms with van der Waals surface area (Å²) in [4.78, 5) is 21.2. The molecule has 1 fully saturated rings. The number of morpholine rings is 1. The van der Waals surface area contributed by atoms with Crippen molar-refractivity contribution in [2.75, 3.05) is 53.7 Å². The predicted molar refractivity (Wildman–Crippen MR) is 143 cm³/mol. The largest absolute Gasteiger partial charge is 0.497 e. The fourth-order valence-electron chi connectivity index (χ4n) is 5.76. The third kappa shape index (κ3) is 4.94. The Balaban J connectivity index is 1.53. The summed E-state index contributed by atoms with van der Waals surface area (Å²) in [5.74, 6) is 2.45. The number of H-pyrrole nitrogens is 1. The summed E-state index contributed by atoms with van der Waals surface area (Å²) in [7, 11) is 3.36. The Morgan fingerprint density at radius 1 is 1.11 bits per heavy atom. The molecular formula is C29H37N3O5. The standard InChI is InChI=1S/C29H37N3O5/c1-5-37-27-17-24-20(15-26(27)35-4)8-9-32(29(33)31-10-12-36-13-11-31)28(24)19(2)14-21-18-30-25-7-6-22(34-3)16-23(21)25/h6-7,15-19,28,30H,5,8-14H2,1-4H3. The maximum absolute atomic E-state index is 13.8. The number of carbonyl (C=O) groups excluding carboxylic acids is 1. The number of fused-ring (bicyclic) bond motifs is 2. The van der Waals surface area contributed by atoms with Crippen molar-refractivity contribution in [3.05, 3.63) is 53.2 Å². The topological polar surface area (TPSA) is 76.3 Å². The van der Waals surface area contributed by atoms with Gasteiger partial charge in [-0.25, -0.2) is 4.79 Å². The summed E-state index contributed by atoms with van der Waals surface area (Å²) in [6.45, 7) is 7.83. The Morgan fingerprint density at radius 2 is 1.92 bits per heavy atom. The lowest BCUT2D eigenvalue weighted by atomic mass is 9.82. The Kier molecular flexibility index (Phi) is 7.46. The number of methoxy groups -OCH3 is 2. The van der Waals surface area contributed by atoms with E-state index in [-0.39, 0.29) is 18.0 Å². The Hall–Kier alpha value is -3.39. The molecule has 37 heavy (non-hydrogen) atoms. The number of nitrogens with one attached hydrogen (secondary N) is 1. The van der Waals surface area contributed by atoms with Crippen LogP contribution in [0.2, 0.25) is 0 Å². The lowest BCUT2D eigenvalue weighted by Crippen LogP contribution is -2.52. The van der Waals surface area contributed by atoms with Gasteiger partial charge in [0.25, 0.3) is 0 Å². The van der Waals surface area contributed by atoms with Crippen molar-refractivity contribution in [3.8, 4) is 17.2 Å². The number of urea groups is 1. The number of carbonyl (C=O) groups is 1. The van der Waals surface area contributed by atoms with Gasteiger partial charge in [0.05, 0.1) is 40.1 Å². The number of aromatic amines is 1. The molecule has 0 spiro atoms. The maximum atomic E-state index is 13.8. The van der Waals surface area contributed by atoms with Gasteiger partial charge in [0.2, 0.25) is 0 Å². The Morgan fingerprint density at radius 3 is 2.65 bits per heavy atom. The summed E-state index contributed by atoms with van der Waals surface area (Å²) < 4.78 is 22.6. The zero-order chi connectivity index (χ0) is 25.9. The van der Waals surface area contributed by atoms with Gasteiger partial charge in [0.15, 0.2) is 11.5 Å². The van der Waals surface area contributed by atoms with Crippen molar-refractivity contribution in [1.82, 2.24) is 14.8 Å². The second-order valence-corrected chi connectivity index (χ2v) is 9.81. The molecular weight excluding hydrogens is 470 g/mol. The average Bonchev–Trinajstić information content (AvgIpc) is 3.33. The number of hydrogen-bond donors (Lipinski definition) is 1. The van der Waals surface area contributed by atoms with Crippen LogP contribution in [0.25, 0.3) is 10.9 Å². The van der Waals surface area contributed by atoms with Crippen LogP contribution in [0.5, 0.6) is 17.2 Å². The normalized spacial score (nSPS) is 18.4. The van der Waals surface area contributed by atoms with E-state index >= 15 is 0 Å². The number of amides is 2. The van der Waals surface area contributed by atoms with Gasteiger partial charge in [-0.2, -0.15) is 0 Å². The highest BCUT2D eigenvalue weighted by Gasteiger charge is 2.38. The zero-order valence-electron chi connectivity index (χ0n) is 22.2. The highest BCUT2D eigenvalue weighted by molar-refractivity contribution is 5.84. The minimum atomic E-state index is -0.0974. The first-order valence-electron chi connectivity index (χ1n) is 13.1. The van der Waals surface area contributed by atoms with E-state index in [1.807, 2.05) is 24.0 Å². The number of ether oxygens (including phenoxy) is 4. The van der Waals surface area contributed by atoms with Crippen LogP contribution >= 0.6 is 0 Å². The lowest BCUT2D eigenvalue weighted by Gasteiger charge is -2.43. The molecule has 8 heteroatoms. The number of nitrogens with zero attached hydrogens (tertiary/aromatic N) is 2. The second-order valence-electron chi connectivity index (χ2n) is 9.81. The molecule has 198 valence electrons. The predicted octanol–water partition coefficient (Wildman–Crippen LogP) is 4.81. The molecule has 1 aromatic heterocycles. The third-order valence-electron chi connectivity index (χ3n) is 7.58. The quantitative estimate of drug-likeness (QED) is 0.497. The van der Waals surface area contributed by atoms with Gasteiger partial charge in [-0.15, -0.1) is 0 Å². The van der Waals surface area contributed by atoms with Crippen LogP contribution in [-0.2, 0) is 17.6 Å². The second kappa shape index (κ2) is 10.9. The van der Waals surface area contributed by atoms with Crippen LogP contribution in [0.1, 0.15) is 36.6 Å². The van der Waals surface area contributed by atoms with E-state index in [9.17, 15) is 4.79 Å². The van der Waals surface area contributed by atoms with Gasteiger partial charge in [0, 0.05) is 36.7 Å². The van der Waals surface area contributed by atoms with Crippen molar-refractivity contribution in [2.45, 2.75) is 32.7 Å². The smallest absolute Gasteiger partial charge is 0.320 e. The summed E-state index contributed by atoms with van der Waals surface area (Å²) in [6, 6.07) is 10.3. The highest BCUT2D eigenvalue weighted by Crippen LogP contribution is 2.43. The molecule has 2 unspecified atom stereocenters. The molecule has 2 aliphatic rings. The number of hydrogen-bond acceptors (Lipinski definition) is 5. The molecule has 2 aliphatic heterocycles. The first-order valence-corrected chi connectivity index (χ1v) is 13.1. The van der Waals surface area contributed by atoms with Gasteiger partial charge in [-0.1, -0.05) is 6.92 Å². The van der Waals surface area contributed by atoms with Gasteiger partial charge in [0.1, 0.15) is 5.75 Å². The zero-order valence-corrected chi connectivity index (χ0v) is 22.2. The van der Waals surface area contributed by atoms with Crippen LogP contribution in [0.3, 0.4) is 0 Å². The molecule has 2 aromatic carbocycles. The van der Waals surface area contributed by atoms with E-state index in [1.165, 1.54) is 11.1 Å². The van der Waals surface area contributed by atoms with E-state index in [1.54, 1.807) is 14.2 Å². The van der Waals surface area contributed by atoms with Crippen LogP contribution in [0, 0.1) is 5.92 Å². The summed E-state index contributed by atoms with van der Waals surface area (Å²) in [5, 5.41) is 1.15. The van der Waals surface area contributed by atoms with Gasteiger partial charge < -0.3 is 33.7 Å². The SMILES string of the molecule is CCOc1cc2c(cc1OC)CCN(C(=O)N1CCOCC1)C2C(C)Cc1c[nH]c2ccc(OC)cc12. The van der Waals surface area contributed by atoms with E-state index in [0.717, 1.165) is 46.6 Å². The lowest BCUT2D eigenvalue weighted by molar-refractivity contribution is 0.0344. The van der Waals surface area contributed by atoms with Crippen molar-refractivity contribution in [1.29, 1.82) is 0 Å². The Labute approximate surface area is 218 Å². The molecule has 5 rings (SSSR count). The van der Waals surface area contributed by atoms with Gasteiger partial charge in [-0.3, -0.25) is 0 Å². The van der Waals surface area contributed by atoms with Gasteiger partial charge >= 0.3 is 6.03 Å². The number of aromatic nitrogens is 1. The molecule has 2 amide bonds. The van der Waals surface area contributed by atoms with Crippen molar-refractivity contribution < 1.29 is 23.7 Å². The van der Waals surface area contributed by atoms with E-state index in [0.29, 0.717) is 39.5 Å². The molecule has 2 atom stereocenters. The summed E-state index contributed by atoms with van der Waals surface area (Å²) >= 11 is 0. The maximum Gasteiger partial charge on any atom is 0.320 e. The number of benzene rings is 2. The van der Waals surface area contributed by atoms with Crippen LogP contribution in [-0.4, -0.2) is 74.5 Å². The van der Waals surface area contributed by atoms with Gasteiger partial charge in [-0.05, 0) is 72.7 Å². The molecule has 3 heterocycles. The number of rotatable bonds is 7. The van der Waals surface area contributed by atoms with Crippen LogP contribution in [0.4, 0.5) is 4.79 Å². The summed E-state index contributed by atoms with van der Waals surface area (Å²) in [5.41, 5.74) is 4.65. The van der Waals surface area contributed by atoms with Crippen LogP contribution in [0.15, 0.2) is 36.5 Å². The highest BCUT2D eigenvalue weighted by atomic mass is 16.5. The molecule has 8 nitrogen and oxygen atoms in total. The molecule has 0 radical (unpaired) electrons. The molecule has 0 bridgehead atoms. The van der Waals surface area contributed by atoms with E-state index in [4.69, 9.17) is 18.9 Å². The van der Waals surface area contributed by atoms with Crippen molar-refractivity contribution in [3.63, 3.8) is 0 Å². The average molecular weight is 508 g/mol. The van der Waals surface area contributed by atoms with Crippen molar-refractivity contribution in [2.24, 2.45) is 5.92 Å². The first-order chi connectivity index (χ1) is 18.0. The van der Waals surface area contributed by atoms with Crippen molar-refractivity contribution >= 4 is 16.9 Å². The molecule has 1 N–H and O–H groups in total. The minimum Gasteiger partial charge on any atom is -0.497 e. The van der Waals surface area contributed by atoms with E-state index in [2.05, 4.69) is 41.2 Å². The fourth-order valence-corrected chi connectivity index (χ4v) is 5.76. The first kappa shape index (κ1) is 25.3. The Bertz CT molecular complexity index is 1250. The molecule has 1 saturated heterocycles. The molecule has 0 saturated carbocycles. The molecule has 0 aliphatic carbocycles. The van der Waals surface area contributed by atoms with E-state index < -0.39 is 0 Å². The van der Waals surface area contributed by atoms with Crippen LogP contribution < -0.4 is 14.2 Å². The third-order valence-corrected chi connectivity index (χ3v) is 7.58. The minimum absolute atomic E-state index is 0.0835. The molecule has 3 aromatic rings.